The van der Waals surface area contributed by atoms with Crippen molar-refractivity contribution in [1.82, 2.24) is 15.0 Å². The first-order chi connectivity index (χ1) is 20.7. The number of amides is 1. The average Bonchev–Trinajstić information content (AvgIpc) is 3.63. The molecule has 0 radical (unpaired) electrons. The number of guanidine groups is 1. The molecule has 2 aromatic carbocycles. The number of benzene rings is 2. The number of nitrogens with zero attached hydrogens (tertiary/aromatic N) is 4. The van der Waals surface area contributed by atoms with Crippen LogP contribution in [-0.2, 0) is 17.3 Å². The van der Waals surface area contributed by atoms with E-state index in [1.165, 1.54) is 12.1 Å². The lowest BCUT2D eigenvalue weighted by atomic mass is 10.1. The second-order valence-electron chi connectivity index (χ2n) is 10.7. The van der Waals surface area contributed by atoms with Gasteiger partial charge in [0.1, 0.15) is 17.4 Å². The standard InChI is InChI=1S/C28H30Cl2F3N5O4.CH4O/c1-27(2,3)41-26(39)36-25(34)38-12-4-7-21(38)24-35-23(37-42-24)17-9-11-22(18(15-17)28(31,32)33)40-13-5-6-16-8-10-19(29)20(30)14-16;1-2/h8-11,14-15,21H,4-7,12-13H2,1-3H3,(H2,34,36,39);2H,1H3. The van der Waals surface area contributed by atoms with Gasteiger partial charge in [-0.05, 0) is 82.3 Å². The number of alkyl halides is 3. The minimum absolute atomic E-state index is 0.0313. The first kappa shape index (κ1) is 34.9. The summed E-state index contributed by atoms with van der Waals surface area (Å²) in [4.78, 5) is 21.9. The third kappa shape index (κ3) is 9.47. The molecular formula is C29H34Cl2F3N5O5. The molecule has 3 N–H and O–H groups in total. The van der Waals surface area contributed by atoms with Crippen molar-refractivity contribution in [3.8, 4) is 17.1 Å². The van der Waals surface area contributed by atoms with E-state index in [-0.39, 0.29) is 35.6 Å². The molecule has 1 amide bonds. The topological polar surface area (TPSA) is 136 Å². The van der Waals surface area contributed by atoms with Gasteiger partial charge in [0.25, 0.3) is 0 Å². The fourth-order valence-electron chi connectivity index (χ4n) is 4.40. The Morgan fingerprint density at radius 1 is 1.16 bits per heavy atom. The Balaban J connectivity index is 0.00000259. The van der Waals surface area contributed by atoms with Crippen molar-refractivity contribution in [2.24, 2.45) is 10.7 Å². The number of aliphatic hydroxyl groups is 1. The van der Waals surface area contributed by atoms with Gasteiger partial charge in [-0.2, -0.15) is 18.2 Å². The van der Waals surface area contributed by atoms with Gasteiger partial charge in [-0.25, -0.2) is 4.79 Å². The molecule has 1 saturated heterocycles. The molecule has 0 spiro atoms. The number of aliphatic hydroxyl groups excluding tert-OH is 1. The molecule has 15 heteroatoms. The summed E-state index contributed by atoms with van der Waals surface area (Å²) < 4.78 is 58.0. The van der Waals surface area contributed by atoms with Crippen LogP contribution in [0.4, 0.5) is 18.0 Å². The summed E-state index contributed by atoms with van der Waals surface area (Å²) in [5.41, 5.74) is 5.35. The van der Waals surface area contributed by atoms with Crippen molar-refractivity contribution in [1.29, 1.82) is 0 Å². The number of halogens is 5. The van der Waals surface area contributed by atoms with E-state index in [4.69, 9.17) is 48.0 Å². The number of rotatable bonds is 7. The number of carbonyl (C=O) groups is 1. The minimum atomic E-state index is -4.68. The van der Waals surface area contributed by atoms with E-state index in [0.717, 1.165) is 18.7 Å². The average molecular weight is 661 g/mol. The summed E-state index contributed by atoms with van der Waals surface area (Å²) in [6, 6.07) is 8.28. The summed E-state index contributed by atoms with van der Waals surface area (Å²) in [7, 11) is 1.00. The Morgan fingerprint density at radius 3 is 2.55 bits per heavy atom. The molecule has 1 aromatic heterocycles. The maximum Gasteiger partial charge on any atom is 0.437 e. The first-order valence-corrected chi connectivity index (χ1v) is 14.4. The van der Waals surface area contributed by atoms with Crippen LogP contribution in [0.5, 0.6) is 5.75 Å². The maximum absolute atomic E-state index is 14.0. The zero-order chi connectivity index (χ0) is 32.7. The molecule has 3 aromatic rings. The molecule has 0 bridgehead atoms. The highest BCUT2D eigenvalue weighted by Gasteiger charge is 2.36. The Bertz CT molecular complexity index is 1460. The van der Waals surface area contributed by atoms with Crippen LogP contribution in [0.15, 0.2) is 45.9 Å². The van der Waals surface area contributed by atoms with Gasteiger partial charge < -0.3 is 29.7 Å². The number of aryl methyl sites for hydroxylation is 1. The van der Waals surface area contributed by atoms with E-state index in [1.807, 2.05) is 0 Å². The molecule has 0 aliphatic carbocycles. The monoisotopic (exact) mass is 659 g/mol. The number of nitrogens with two attached hydrogens (primary N) is 1. The third-order valence-corrected chi connectivity index (χ3v) is 7.01. The molecule has 2 heterocycles. The number of aliphatic imine (C=N–C) groups is 1. The molecule has 0 saturated carbocycles. The second-order valence-corrected chi connectivity index (χ2v) is 11.5. The van der Waals surface area contributed by atoms with Gasteiger partial charge in [0.15, 0.2) is 0 Å². The summed E-state index contributed by atoms with van der Waals surface area (Å²) in [5, 5.41) is 11.7. The van der Waals surface area contributed by atoms with Crippen molar-refractivity contribution in [2.45, 2.75) is 64.3 Å². The molecular weight excluding hydrogens is 626 g/mol. The fourth-order valence-corrected chi connectivity index (χ4v) is 4.72. The Morgan fingerprint density at radius 2 is 1.89 bits per heavy atom. The van der Waals surface area contributed by atoms with Gasteiger partial charge in [-0.1, -0.05) is 34.4 Å². The van der Waals surface area contributed by atoms with Crippen LogP contribution in [0.25, 0.3) is 11.4 Å². The molecule has 44 heavy (non-hydrogen) atoms. The van der Waals surface area contributed by atoms with Crippen LogP contribution in [0.2, 0.25) is 10.0 Å². The van der Waals surface area contributed by atoms with Crippen LogP contribution in [0.3, 0.4) is 0 Å². The lowest BCUT2D eigenvalue weighted by molar-refractivity contribution is -0.138. The van der Waals surface area contributed by atoms with Gasteiger partial charge in [-0.15, -0.1) is 4.99 Å². The molecule has 4 rings (SSSR count). The van der Waals surface area contributed by atoms with Crippen molar-refractivity contribution in [3.63, 3.8) is 0 Å². The minimum Gasteiger partial charge on any atom is -0.493 e. The summed E-state index contributed by atoms with van der Waals surface area (Å²) in [6.45, 7) is 5.64. The molecule has 240 valence electrons. The zero-order valence-electron chi connectivity index (χ0n) is 24.6. The van der Waals surface area contributed by atoms with Crippen LogP contribution in [0, 0.1) is 0 Å². The van der Waals surface area contributed by atoms with E-state index in [0.29, 0.717) is 42.3 Å². The lowest BCUT2D eigenvalue weighted by Crippen LogP contribution is -2.38. The van der Waals surface area contributed by atoms with Crippen LogP contribution in [-0.4, -0.2) is 58.1 Å². The quantitative estimate of drug-likeness (QED) is 0.155. The predicted octanol–water partition coefficient (Wildman–Crippen LogP) is 7.07. The molecule has 1 atom stereocenters. The van der Waals surface area contributed by atoms with Crippen molar-refractivity contribution in [3.05, 3.63) is 63.5 Å². The number of likely N-dealkylation sites (tertiary alicyclic amines) is 1. The number of hydrogen-bond acceptors (Lipinski definition) is 7. The van der Waals surface area contributed by atoms with E-state index in [1.54, 1.807) is 43.9 Å². The fraction of sp³-hybridized carbons (Fsp3) is 0.448. The Labute approximate surface area is 262 Å². The third-order valence-electron chi connectivity index (χ3n) is 6.27. The highest BCUT2D eigenvalue weighted by Crippen LogP contribution is 2.39. The summed E-state index contributed by atoms with van der Waals surface area (Å²) in [6.07, 6.45) is -3.25. The van der Waals surface area contributed by atoms with Gasteiger partial charge in [0.05, 0.1) is 22.2 Å². The highest BCUT2D eigenvalue weighted by molar-refractivity contribution is 6.42. The van der Waals surface area contributed by atoms with E-state index in [9.17, 15) is 18.0 Å². The largest absolute Gasteiger partial charge is 0.493 e. The van der Waals surface area contributed by atoms with Gasteiger partial charge in [-0.3, -0.25) is 0 Å². The van der Waals surface area contributed by atoms with E-state index < -0.39 is 29.5 Å². The van der Waals surface area contributed by atoms with E-state index >= 15 is 0 Å². The first-order valence-electron chi connectivity index (χ1n) is 13.6. The lowest BCUT2D eigenvalue weighted by Gasteiger charge is -2.23. The predicted molar refractivity (Wildman–Crippen MR) is 160 cm³/mol. The van der Waals surface area contributed by atoms with E-state index in [2.05, 4.69) is 15.1 Å². The van der Waals surface area contributed by atoms with Crippen LogP contribution >= 0.6 is 23.2 Å². The number of carbonyl (C=O) groups excluding carboxylic acids is 1. The normalized spacial score (nSPS) is 15.5. The summed E-state index contributed by atoms with van der Waals surface area (Å²) >= 11 is 11.9. The maximum atomic E-state index is 14.0. The van der Waals surface area contributed by atoms with Crippen LogP contribution in [0.1, 0.15) is 63.1 Å². The molecule has 1 aliphatic heterocycles. The number of aromatic nitrogens is 2. The molecule has 1 unspecified atom stereocenters. The second kappa shape index (κ2) is 15.0. The summed E-state index contributed by atoms with van der Waals surface area (Å²) in [5.74, 6) is -0.277. The Hall–Kier alpha value is -3.55. The highest BCUT2D eigenvalue weighted by atomic mass is 35.5. The smallest absolute Gasteiger partial charge is 0.437 e. The van der Waals surface area contributed by atoms with Crippen molar-refractivity contribution in [2.75, 3.05) is 20.3 Å². The van der Waals surface area contributed by atoms with Crippen LogP contribution < -0.4 is 10.5 Å². The molecule has 10 nitrogen and oxygen atoms in total. The molecule has 1 aliphatic rings. The SMILES string of the molecule is CC(C)(C)OC(=O)/N=C(\N)N1CCCC1c1nc(-c2ccc(OCCCc3ccc(Cl)c(Cl)c3)c(C(F)(F)F)c2)no1.CO. The van der Waals surface area contributed by atoms with Crippen molar-refractivity contribution < 1.29 is 37.1 Å². The number of ether oxygens (including phenoxy) is 2. The van der Waals surface area contributed by atoms with Gasteiger partial charge in [0.2, 0.25) is 17.7 Å². The number of hydrogen-bond donors (Lipinski definition) is 2. The molecule has 1 fully saturated rings. The Kier molecular flexibility index (Phi) is 11.9. The van der Waals surface area contributed by atoms with Gasteiger partial charge in [0, 0.05) is 19.2 Å². The van der Waals surface area contributed by atoms with Crippen molar-refractivity contribution >= 4 is 35.3 Å². The van der Waals surface area contributed by atoms with Gasteiger partial charge >= 0.3 is 12.3 Å². The zero-order valence-corrected chi connectivity index (χ0v) is 26.1.